The van der Waals surface area contributed by atoms with Crippen molar-refractivity contribution in [2.24, 2.45) is 0 Å². The quantitative estimate of drug-likeness (QED) is 0.568. The van der Waals surface area contributed by atoms with E-state index < -0.39 is 5.97 Å². The Morgan fingerprint density at radius 3 is 2.93 bits per heavy atom. The molecule has 2 aromatic rings. The largest absolute Gasteiger partial charge is 0.476 e. The second kappa shape index (κ2) is 9.63. The highest BCUT2D eigenvalue weighted by Gasteiger charge is 2.30. The van der Waals surface area contributed by atoms with Crippen LogP contribution < -0.4 is 5.32 Å². The summed E-state index contributed by atoms with van der Waals surface area (Å²) in [6, 6.07) is 6.54. The number of hydrogen-bond acceptors (Lipinski definition) is 6. The zero-order valence-electron chi connectivity index (χ0n) is 17.0. The molecule has 6 nitrogen and oxygen atoms in total. The summed E-state index contributed by atoms with van der Waals surface area (Å²) in [6.45, 7) is 7.87. The lowest BCUT2D eigenvalue weighted by Crippen LogP contribution is -2.39. The molecular formula is C21H27N3O3S2. The lowest BCUT2D eigenvalue weighted by molar-refractivity contribution is -0.128. The molecule has 0 spiro atoms. The highest BCUT2D eigenvalue weighted by atomic mass is 32.2. The third-order valence-electron chi connectivity index (χ3n) is 5.15. The monoisotopic (exact) mass is 433 g/mol. The number of hydrogen-bond donors (Lipinski definition) is 2. The van der Waals surface area contributed by atoms with Crippen LogP contribution in [0.2, 0.25) is 0 Å². The van der Waals surface area contributed by atoms with Gasteiger partial charge >= 0.3 is 5.97 Å². The smallest absolute Gasteiger partial charge is 0.355 e. The lowest BCUT2D eigenvalue weighted by atomic mass is 9.98. The summed E-state index contributed by atoms with van der Waals surface area (Å²) in [4.78, 5) is 29.4. The van der Waals surface area contributed by atoms with E-state index in [-0.39, 0.29) is 17.6 Å². The van der Waals surface area contributed by atoms with E-state index in [1.54, 1.807) is 5.38 Å². The number of carboxylic acid groups (broad SMARTS) is 1. The fourth-order valence-corrected chi connectivity index (χ4v) is 5.41. The molecule has 29 heavy (non-hydrogen) atoms. The third kappa shape index (κ3) is 5.30. The number of thiazole rings is 1. The van der Waals surface area contributed by atoms with Gasteiger partial charge in [-0.05, 0) is 30.4 Å². The average Bonchev–Trinajstić information content (AvgIpc) is 3.28. The number of thioether (sulfide) groups is 1. The van der Waals surface area contributed by atoms with Crippen LogP contribution in [-0.4, -0.2) is 51.8 Å². The standard InChI is InChI=1S/C21H27N3O3S2/c1-13(2)16-6-4-5-14(3)19(16)22-11-15-7-8-18(25)24(15)9-10-28-21-23-17(12-29-21)20(26)27/h4-6,12-13,15,22H,7-11H2,1-3H3,(H,26,27). The van der Waals surface area contributed by atoms with Crippen LogP contribution in [0.1, 0.15) is 54.2 Å². The van der Waals surface area contributed by atoms with Crippen LogP contribution >= 0.6 is 23.1 Å². The lowest BCUT2D eigenvalue weighted by Gasteiger charge is -2.26. The number of carbonyl (C=O) groups is 2. The molecule has 3 rings (SSSR count). The van der Waals surface area contributed by atoms with Crippen molar-refractivity contribution in [2.45, 2.75) is 49.9 Å². The van der Waals surface area contributed by atoms with E-state index in [1.807, 2.05) is 4.90 Å². The minimum Gasteiger partial charge on any atom is -0.476 e. The summed E-state index contributed by atoms with van der Waals surface area (Å²) < 4.78 is 0.727. The van der Waals surface area contributed by atoms with Crippen LogP contribution in [0, 0.1) is 6.92 Å². The summed E-state index contributed by atoms with van der Waals surface area (Å²) in [5.74, 6) is 0.322. The first-order chi connectivity index (χ1) is 13.9. The predicted octanol–water partition coefficient (Wildman–Crippen LogP) is 4.47. The van der Waals surface area contributed by atoms with E-state index in [2.05, 4.69) is 49.3 Å². The molecule has 1 aliphatic heterocycles. The number of para-hydroxylation sites is 1. The number of amides is 1. The molecule has 156 valence electrons. The first-order valence-corrected chi connectivity index (χ1v) is 11.7. The molecule has 1 saturated heterocycles. The van der Waals surface area contributed by atoms with Crippen LogP contribution in [0.25, 0.3) is 0 Å². The van der Waals surface area contributed by atoms with Crippen molar-refractivity contribution < 1.29 is 14.7 Å². The van der Waals surface area contributed by atoms with Gasteiger partial charge in [0.2, 0.25) is 5.91 Å². The van der Waals surface area contributed by atoms with Crippen molar-refractivity contribution in [3.63, 3.8) is 0 Å². The van der Waals surface area contributed by atoms with Crippen LogP contribution in [0.5, 0.6) is 0 Å². The van der Waals surface area contributed by atoms with Gasteiger partial charge in [0.15, 0.2) is 10.0 Å². The molecule has 1 fully saturated rings. The van der Waals surface area contributed by atoms with Gasteiger partial charge in [-0.3, -0.25) is 4.79 Å². The van der Waals surface area contributed by atoms with Gasteiger partial charge in [-0.15, -0.1) is 11.3 Å². The van der Waals surface area contributed by atoms with Crippen LogP contribution in [0.3, 0.4) is 0 Å². The second-order valence-corrected chi connectivity index (χ2v) is 9.71. The molecule has 2 heterocycles. The molecule has 8 heteroatoms. The third-order valence-corrected chi connectivity index (χ3v) is 7.16. The normalized spacial score (nSPS) is 16.6. The van der Waals surface area contributed by atoms with Gasteiger partial charge in [0.05, 0.1) is 0 Å². The molecule has 1 aromatic carbocycles. The SMILES string of the molecule is Cc1cccc(C(C)C)c1NCC1CCC(=O)N1CCSc1nc(C(=O)O)cs1. The van der Waals surface area contributed by atoms with E-state index in [1.165, 1.54) is 39.9 Å². The number of likely N-dealkylation sites (tertiary alicyclic amines) is 1. The topological polar surface area (TPSA) is 82.5 Å². The van der Waals surface area contributed by atoms with Gasteiger partial charge < -0.3 is 15.3 Å². The number of aryl methyl sites for hydroxylation is 1. The van der Waals surface area contributed by atoms with Gasteiger partial charge in [0.1, 0.15) is 0 Å². The maximum Gasteiger partial charge on any atom is 0.355 e. The highest BCUT2D eigenvalue weighted by Crippen LogP contribution is 2.29. The van der Waals surface area contributed by atoms with E-state index >= 15 is 0 Å². The molecule has 1 amide bonds. The van der Waals surface area contributed by atoms with Gasteiger partial charge in [0, 0.05) is 42.4 Å². The van der Waals surface area contributed by atoms with Crippen LogP contribution in [-0.2, 0) is 4.79 Å². The van der Waals surface area contributed by atoms with Crippen LogP contribution in [0.4, 0.5) is 5.69 Å². The zero-order valence-corrected chi connectivity index (χ0v) is 18.6. The number of aromatic nitrogens is 1. The number of anilines is 1. The summed E-state index contributed by atoms with van der Waals surface area (Å²) >= 11 is 2.83. The van der Waals surface area contributed by atoms with Crippen molar-refractivity contribution in [3.8, 4) is 0 Å². The minimum atomic E-state index is -1.01. The van der Waals surface area contributed by atoms with E-state index in [0.29, 0.717) is 24.6 Å². The second-order valence-electron chi connectivity index (χ2n) is 7.51. The Morgan fingerprint density at radius 1 is 1.45 bits per heavy atom. The van der Waals surface area contributed by atoms with Gasteiger partial charge in [-0.25, -0.2) is 9.78 Å². The fourth-order valence-electron chi connectivity index (χ4n) is 3.60. The molecule has 0 radical (unpaired) electrons. The number of rotatable bonds is 9. The van der Waals surface area contributed by atoms with Crippen molar-refractivity contribution in [1.29, 1.82) is 0 Å². The summed E-state index contributed by atoms with van der Waals surface area (Å²) in [5.41, 5.74) is 3.78. The summed E-state index contributed by atoms with van der Waals surface area (Å²) in [6.07, 6.45) is 1.45. The van der Waals surface area contributed by atoms with E-state index in [4.69, 9.17) is 5.11 Å². The number of nitrogens with zero attached hydrogens (tertiary/aromatic N) is 2. The Kier molecular flexibility index (Phi) is 7.18. The Morgan fingerprint density at radius 2 is 2.24 bits per heavy atom. The van der Waals surface area contributed by atoms with Crippen molar-refractivity contribution in [1.82, 2.24) is 9.88 Å². The summed E-state index contributed by atoms with van der Waals surface area (Å²) in [5, 5.41) is 14.1. The molecule has 1 aromatic heterocycles. The molecule has 2 N–H and O–H groups in total. The number of carbonyl (C=O) groups excluding carboxylic acids is 1. The fraction of sp³-hybridized carbons (Fsp3) is 0.476. The summed E-state index contributed by atoms with van der Waals surface area (Å²) in [7, 11) is 0. The molecular weight excluding hydrogens is 406 g/mol. The predicted molar refractivity (Wildman–Crippen MR) is 118 cm³/mol. The Balaban J connectivity index is 1.57. The van der Waals surface area contributed by atoms with Crippen LogP contribution in [0.15, 0.2) is 27.9 Å². The first-order valence-electron chi connectivity index (χ1n) is 9.81. The average molecular weight is 434 g/mol. The van der Waals surface area contributed by atoms with Crippen molar-refractivity contribution in [3.05, 3.63) is 40.4 Å². The number of benzene rings is 1. The van der Waals surface area contributed by atoms with Crippen molar-refractivity contribution >= 4 is 40.7 Å². The van der Waals surface area contributed by atoms with Gasteiger partial charge in [-0.1, -0.05) is 43.8 Å². The molecule has 1 unspecified atom stereocenters. The minimum absolute atomic E-state index is 0.0796. The number of carboxylic acids is 1. The van der Waals surface area contributed by atoms with Gasteiger partial charge in [-0.2, -0.15) is 0 Å². The van der Waals surface area contributed by atoms with Crippen molar-refractivity contribution in [2.75, 3.05) is 24.2 Å². The Labute approximate surface area is 179 Å². The Hall–Kier alpha value is -2.06. The first kappa shape index (κ1) is 21.6. The molecule has 0 saturated carbocycles. The molecule has 1 aliphatic rings. The van der Waals surface area contributed by atoms with E-state index in [9.17, 15) is 9.59 Å². The zero-order chi connectivity index (χ0) is 21.0. The number of nitrogens with one attached hydrogen (secondary N) is 1. The molecule has 1 atom stereocenters. The maximum absolute atomic E-state index is 12.4. The molecule has 0 bridgehead atoms. The number of aromatic carboxylic acids is 1. The maximum atomic E-state index is 12.4. The van der Waals surface area contributed by atoms with Gasteiger partial charge in [0.25, 0.3) is 0 Å². The van der Waals surface area contributed by atoms with E-state index in [0.717, 1.165) is 17.3 Å². The molecule has 0 aliphatic carbocycles. The highest BCUT2D eigenvalue weighted by molar-refractivity contribution is 8.01. The Bertz CT molecular complexity index is 882.